The van der Waals surface area contributed by atoms with Gasteiger partial charge in [-0.1, -0.05) is 324 Å². The molecule has 0 aliphatic heterocycles. The summed E-state index contributed by atoms with van der Waals surface area (Å²) in [6, 6.07) is 0. The molecule has 17 nitrogen and oxygen atoms in total. The molecular weight excluding hydrogens is 1210 g/mol. The molecule has 0 aliphatic rings. The van der Waals surface area contributed by atoms with E-state index in [1.165, 1.54) is 186 Å². The maximum atomic E-state index is 13.0. The lowest BCUT2D eigenvalue weighted by Crippen LogP contribution is -2.30. The van der Waals surface area contributed by atoms with E-state index in [0.717, 1.165) is 102 Å². The molecule has 0 heterocycles. The van der Waals surface area contributed by atoms with Gasteiger partial charge in [-0.25, -0.2) is 9.13 Å². The molecule has 0 aliphatic carbocycles. The van der Waals surface area contributed by atoms with E-state index in [1.807, 2.05) is 0 Å². The third-order valence-corrected chi connectivity index (χ3v) is 18.9. The monoisotopic (exact) mass is 1350 g/mol. The average molecular weight is 1350 g/mol. The van der Waals surface area contributed by atoms with Crippen LogP contribution in [0.4, 0.5) is 0 Å². The zero-order valence-corrected chi connectivity index (χ0v) is 61.6. The molecule has 0 saturated carbocycles. The molecule has 0 rings (SSSR count). The predicted molar refractivity (Wildman–Crippen MR) is 372 cm³/mol. The first-order valence-corrected chi connectivity index (χ1v) is 41.0. The predicted octanol–water partition coefficient (Wildman–Crippen LogP) is 21.2. The van der Waals surface area contributed by atoms with Crippen molar-refractivity contribution in [1.29, 1.82) is 0 Å². The van der Waals surface area contributed by atoms with E-state index < -0.39 is 97.5 Å². The molecular formula is C73H142O17P2. The smallest absolute Gasteiger partial charge is 0.462 e. The van der Waals surface area contributed by atoms with Crippen LogP contribution in [0.1, 0.15) is 375 Å². The van der Waals surface area contributed by atoms with Crippen LogP contribution in [0.5, 0.6) is 0 Å². The molecule has 0 spiro atoms. The third kappa shape index (κ3) is 66.7. The second kappa shape index (κ2) is 65.0. The summed E-state index contributed by atoms with van der Waals surface area (Å²) in [6.45, 7) is 9.54. The Labute approximate surface area is 562 Å². The molecule has 0 aromatic carbocycles. The summed E-state index contributed by atoms with van der Waals surface area (Å²) in [5.74, 6) is -0.605. The van der Waals surface area contributed by atoms with Gasteiger partial charge in [-0.15, -0.1) is 0 Å². The van der Waals surface area contributed by atoms with Crippen LogP contribution < -0.4 is 0 Å². The van der Waals surface area contributed by atoms with Gasteiger partial charge in [0.25, 0.3) is 0 Å². The van der Waals surface area contributed by atoms with E-state index in [-0.39, 0.29) is 25.7 Å². The van der Waals surface area contributed by atoms with Crippen LogP contribution in [0.15, 0.2) is 0 Å². The van der Waals surface area contributed by atoms with Crippen LogP contribution in [0, 0.1) is 11.8 Å². The zero-order valence-electron chi connectivity index (χ0n) is 59.9. The highest BCUT2D eigenvalue weighted by molar-refractivity contribution is 7.47. The van der Waals surface area contributed by atoms with Gasteiger partial charge < -0.3 is 33.8 Å². The number of ether oxygens (including phenoxy) is 4. The summed E-state index contributed by atoms with van der Waals surface area (Å²) in [4.78, 5) is 72.6. The number of aliphatic hydroxyl groups excluding tert-OH is 1. The van der Waals surface area contributed by atoms with Crippen LogP contribution in [-0.4, -0.2) is 96.7 Å². The summed E-state index contributed by atoms with van der Waals surface area (Å²) in [5.41, 5.74) is 0. The molecule has 3 N–H and O–H groups in total. The minimum absolute atomic E-state index is 0.106. The van der Waals surface area contributed by atoms with Gasteiger partial charge in [-0.3, -0.25) is 37.3 Å². The fraction of sp³-hybridized carbons (Fsp3) is 0.945. The van der Waals surface area contributed by atoms with Gasteiger partial charge in [0, 0.05) is 25.7 Å². The molecule has 546 valence electrons. The first-order valence-electron chi connectivity index (χ1n) is 38.0. The van der Waals surface area contributed by atoms with Crippen molar-refractivity contribution in [2.75, 3.05) is 39.6 Å². The Morgan fingerprint density at radius 1 is 0.293 bits per heavy atom. The van der Waals surface area contributed by atoms with Crippen LogP contribution >= 0.6 is 15.6 Å². The van der Waals surface area contributed by atoms with Crippen molar-refractivity contribution < 1.29 is 80.2 Å². The van der Waals surface area contributed by atoms with Crippen LogP contribution in [0.3, 0.4) is 0 Å². The van der Waals surface area contributed by atoms with Gasteiger partial charge >= 0.3 is 39.5 Å². The first kappa shape index (κ1) is 90.1. The van der Waals surface area contributed by atoms with Crippen molar-refractivity contribution in [2.24, 2.45) is 11.8 Å². The lowest BCUT2D eigenvalue weighted by molar-refractivity contribution is -0.161. The van der Waals surface area contributed by atoms with Gasteiger partial charge in [0.2, 0.25) is 0 Å². The van der Waals surface area contributed by atoms with E-state index in [4.69, 9.17) is 37.0 Å². The molecule has 92 heavy (non-hydrogen) atoms. The second-order valence-electron chi connectivity index (χ2n) is 27.3. The Balaban J connectivity index is 5.21. The maximum Gasteiger partial charge on any atom is 0.472 e. The molecule has 0 amide bonds. The Hall–Kier alpha value is -1.94. The number of hydrogen-bond donors (Lipinski definition) is 3. The summed E-state index contributed by atoms with van der Waals surface area (Å²) in [6.07, 6.45) is 51.3. The summed E-state index contributed by atoms with van der Waals surface area (Å²) < 4.78 is 68.4. The van der Waals surface area contributed by atoms with Gasteiger partial charge in [0.15, 0.2) is 12.2 Å². The highest BCUT2D eigenvalue weighted by Gasteiger charge is 2.30. The van der Waals surface area contributed by atoms with Crippen molar-refractivity contribution >= 4 is 39.5 Å². The lowest BCUT2D eigenvalue weighted by Gasteiger charge is -2.21. The largest absolute Gasteiger partial charge is 0.472 e. The van der Waals surface area contributed by atoms with Gasteiger partial charge in [0.05, 0.1) is 26.4 Å². The second-order valence-corrected chi connectivity index (χ2v) is 30.2. The number of rotatable bonds is 72. The van der Waals surface area contributed by atoms with Crippen LogP contribution in [0.25, 0.3) is 0 Å². The minimum Gasteiger partial charge on any atom is -0.462 e. The summed E-state index contributed by atoms with van der Waals surface area (Å²) in [7, 11) is -9.90. The number of aliphatic hydroxyl groups is 1. The van der Waals surface area contributed by atoms with Gasteiger partial charge in [-0.05, 0) is 37.5 Å². The number of esters is 4. The molecule has 0 aromatic rings. The molecule has 0 bridgehead atoms. The molecule has 0 saturated heterocycles. The van der Waals surface area contributed by atoms with Crippen molar-refractivity contribution in [2.45, 2.75) is 394 Å². The topological polar surface area (TPSA) is 237 Å². The van der Waals surface area contributed by atoms with E-state index >= 15 is 0 Å². The minimum atomic E-state index is -4.95. The van der Waals surface area contributed by atoms with E-state index in [1.54, 1.807) is 0 Å². The van der Waals surface area contributed by atoms with Crippen molar-refractivity contribution in [3.05, 3.63) is 0 Å². The fourth-order valence-electron chi connectivity index (χ4n) is 11.1. The van der Waals surface area contributed by atoms with Crippen molar-refractivity contribution in [1.82, 2.24) is 0 Å². The van der Waals surface area contributed by atoms with Crippen LogP contribution in [-0.2, 0) is 65.4 Å². The Bertz CT molecular complexity index is 1790. The SMILES string of the molecule is CCCCCCCCCCCCCCC(=O)OC[C@H](COP(=O)(O)OC[C@@H](O)COP(=O)(O)OC[C@@H](COC(=O)CCCCCCCCCC(C)C)OC(=O)CCCCCCCCCCCCC)OC(=O)CCCCCCCCCCCCCCCCCCC(C)C. The Kier molecular flexibility index (Phi) is 63.7. The molecule has 0 fully saturated rings. The average Bonchev–Trinajstić information content (AvgIpc) is 2.96. The maximum absolute atomic E-state index is 13.0. The Morgan fingerprint density at radius 2 is 0.500 bits per heavy atom. The van der Waals surface area contributed by atoms with Crippen molar-refractivity contribution in [3.63, 3.8) is 0 Å². The lowest BCUT2D eigenvalue weighted by atomic mass is 10.0. The summed E-state index contributed by atoms with van der Waals surface area (Å²) >= 11 is 0. The molecule has 0 radical (unpaired) electrons. The number of carbonyl (C=O) groups excluding carboxylic acids is 4. The molecule has 5 atom stereocenters. The number of carbonyl (C=O) groups is 4. The highest BCUT2D eigenvalue weighted by Crippen LogP contribution is 2.45. The molecule has 0 aromatic heterocycles. The number of phosphoric acid groups is 2. The fourth-order valence-corrected chi connectivity index (χ4v) is 12.7. The highest BCUT2D eigenvalue weighted by atomic mass is 31.2. The number of unbranched alkanes of at least 4 members (excludes halogenated alkanes) is 42. The van der Waals surface area contributed by atoms with Gasteiger partial charge in [-0.2, -0.15) is 0 Å². The van der Waals surface area contributed by atoms with Gasteiger partial charge in [0.1, 0.15) is 19.3 Å². The molecule has 19 heteroatoms. The number of phosphoric ester groups is 2. The first-order chi connectivity index (χ1) is 44.4. The Morgan fingerprint density at radius 3 is 0.739 bits per heavy atom. The van der Waals surface area contributed by atoms with E-state index in [0.29, 0.717) is 31.6 Å². The third-order valence-electron chi connectivity index (χ3n) is 17.0. The molecule has 2 unspecified atom stereocenters. The number of hydrogen-bond acceptors (Lipinski definition) is 15. The van der Waals surface area contributed by atoms with E-state index in [2.05, 4.69) is 41.5 Å². The van der Waals surface area contributed by atoms with E-state index in [9.17, 15) is 43.2 Å². The quantitative estimate of drug-likeness (QED) is 0.0222. The standard InChI is InChI=1S/C73H142O17P2/c1-7-9-11-13-15-17-19-28-31-37-43-49-55-70(75)83-61-68(89-73(78)58-52-46-39-33-29-25-23-21-20-22-24-27-30-35-41-47-53-65(3)4)63-87-91(79,80)85-59-67(74)60-86-92(81,82)88-64-69(62-84-71(76)56-50-44-40-34-36-42-48-54-66(5)6)90-72(77)57-51-45-38-32-26-18-16-14-12-10-8-2/h65-69,74H,7-64H2,1-6H3,(H,79,80)(H,81,82)/t67-,68-,69-/m1/s1. The normalized spacial score (nSPS) is 14.1. The van der Waals surface area contributed by atoms with Crippen LogP contribution in [0.2, 0.25) is 0 Å². The summed E-state index contributed by atoms with van der Waals surface area (Å²) in [5, 5.41) is 10.6. The van der Waals surface area contributed by atoms with Crippen molar-refractivity contribution in [3.8, 4) is 0 Å². The zero-order chi connectivity index (χ0) is 67.9.